The fraction of sp³-hybridized carbons (Fsp3) is 0.143. The van der Waals surface area contributed by atoms with Crippen molar-refractivity contribution in [2.24, 2.45) is 0 Å². The van der Waals surface area contributed by atoms with Gasteiger partial charge in [-0.25, -0.2) is 13.2 Å². The minimum Gasteiger partial charge on any atom is -0.336 e. The van der Waals surface area contributed by atoms with Crippen molar-refractivity contribution in [2.75, 3.05) is 11.9 Å². The van der Waals surface area contributed by atoms with E-state index < -0.39 is 21.1 Å². The van der Waals surface area contributed by atoms with Gasteiger partial charge in [-0.2, -0.15) is 0 Å². The molecule has 0 aliphatic heterocycles. The molecule has 3 rings (SSSR count). The van der Waals surface area contributed by atoms with E-state index in [-0.39, 0.29) is 11.4 Å². The number of halogens is 1. The summed E-state index contributed by atoms with van der Waals surface area (Å²) in [5, 5.41) is 4.87. The second kappa shape index (κ2) is 9.07. The van der Waals surface area contributed by atoms with Crippen LogP contribution in [0.25, 0.3) is 0 Å². The van der Waals surface area contributed by atoms with Crippen molar-refractivity contribution in [3.63, 3.8) is 0 Å². The van der Waals surface area contributed by atoms with Crippen molar-refractivity contribution in [3.05, 3.63) is 89.2 Å². The summed E-state index contributed by atoms with van der Waals surface area (Å²) in [6, 6.07) is 16.1. The number of pyridine rings is 1. The molecule has 8 heteroatoms. The molecule has 0 aliphatic carbocycles. The summed E-state index contributed by atoms with van der Waals surface area (Å²) in [6.45, 7) is 1.78. The molecular formula is C21H20ClN3O3S. The number of carbonyl (C=O) groups excluding carboxylic acids is 1. The molecule has 1 unspecified atom stereocenters. The summed E-state index contributed by atoms with van der Waals surface area (Å²) in [5.74, 6) is 0. The Morgan fingerprint density at radius 3 is 2.38 bits per heavy atom. The zero-order valence-corrected chi connectivity index (χ0v) is 17.2. The summed E-state index contributed by atoms with van der Waals surface area (Å²) in [5.41, 5.74) is 2.01. The molecule has 2 N–H and O–H groups in total. The lowest BCUT2D eigenvalue weighted by Gasteiger charge is -2.19. The standard InChI is InChI=1S/C21H20ClN3O3S/c1-15-4-10-19(11-5-15)29(27,28)20(16-3-2-12-23-13-16)14-24-21(26)25-18-8-6-17(22)7-9-18/h2-13,20H,14H2,1H3,(H2,24,25,26). The molecule has 6 nitrogen and oxygen atoms in total. The van der Waals surface area contributed by atoms with Crippen molar-refractivity contribution in [1.29, 1.82) is 0 Å². The molecule has 2 amide bonds. The molecule has 0 saturated heterocycles. The predicted octanol–water partition coefficient (Wildman–Crippen LogP) is 4.38. The van der Waals surface area contributed by atoms with E-state index in [4.69, 9.17) is 11.6 Å². The molecule has 0 aliphatic rings. The normalized spacial score (nSPS) is 12.2. The second-order valence-corrected chi connectivity index (χ2v) is 9.04. The molecule has 150 valence electrons. The number of rotatable bonds is 6. The molecule has 1 aromatic heterocycles. The van der Waals surface area contributed by atoms with Crippen LogP contribution in [0.1, 0.15) is 16.4 Å². The smallest absolute Gasteiger partial charge is 0.319 e. The van der Waals surface area contributed by atoms with Gasteiger partial charge in [0.25, 0.3) is 0 Å². The lowest BCUT2D eigenvalue weighted by molar-refractivity contribution is 0.252. The number of benzene rings is 2. The van der Waals surface area contributed by atoms with Crippen LogP contribution in [0.15, 0.2) is 78.0 Å². The lowest BCUT2D eigenvalue weighted by atomic mass is 10.2. The number of anilines is 1. The Balaban J connectivity index is 1.80. The van der Waals surface area contributed by atoms with Gasteiger partial charge in [0.2, 0.25) is 0 Å². The van der Waals surface area contributed by atoms with E-state index in [1.807, 2.05) is 6.92 Å². The molecule has 0 saturated carbocycles. The maximum atomic E-state index is 13.2. The van der Waals surface area contributed by atoms with Gasteiger partial charge < -0.3 is 10.6 Å². The Kier molecular flexibility index (Phi) is 6.51. The van der Waals surface area contributed by atoms with Crippen LogP contribution in [0.5, 0.6) is 0 Å². The SMILES string of the molecule is Cc1ccc(S(=O)(=O)C(CNC(=O)Nc2ccc(Cl)cc2)c2cccnc2)cc1. The van der Waals surface area contributed by atoms with Crippen LogP contribution in [0, 0.1) is 6.92 Å². The molecule has 0 bridgehead atoms. The first-order valence-corrected chi connectivity index (χ1v) is 10.8. The molecule has 29 heavy (non-hydrogen) atoms. The van der Waals surface area contributed by atoms with Gasteiger partial charge in [-0.3, -0.25) is 4.98 Å². The molecule has 3 aromatic rings. The second-order valence-electron chi connectivity index (χ2n) is 6.47. The van der Waals surface area contributed by atoms with E-state index in [0.717, 1.165) is 5.56 Å². The summed E-state index contributed by atoms with van der Waals surface area (Å²) in [7, 11) is -3.74. The van der Waals surface area contributed by atoms with Crippen LogP contribution in [-0.4, -0.2) is 26.0 Å². The zero-order valence-electron chi connectivity index (χ0n) is 15.7. The van der Waals surface area contributed by atoms with E-state index >= 15 is 0 Å². The topological polar surface area (TPSA) is 88.2 Å². The molecule has 0 fully saturated rings. The monoisotopic (exact) mass is 429 g/mol. The number of nitrogens with zero attached hydrogens (tertiary/aromatic N) is 1. The van der Waals surface area contributed by atoms with Crippen LogP contribution in [0.2, 0.25) is 5.02 Å². The first kappa shape index (κ1) is 20.8. The minimum absolute atomic E-state index is 0.110. The minimum atomic E-state index is -3.74. The van der Waals surface area contributed by atoms with Crippen LogP contribution in [-0.2, 0) is 9.84 Å². The number of hydrogen-bond acceptors (Lipinski definition) is 4. The van der Waals surface area contributed by atoms with Crippen molar-refractivity contribution in [1.82, 2.24) is 10.3 Å². The first-order chi connectivity index (χ1) is 13.9. The Morgan fingerprint density at radius 2 is 1.76 bits per heavy atom. The first-order valence-electron chi connectivity index (χ1n) is 8.87. The molecular weight excluding hydrogens is 410 g/mol. The molecule has 0 spiro atoms. The number of sulfone groups is 1. The summed E-state index contributed by atoms with van der Waals surface area (Å²) in [6.07, 6.45) is 3.06. The van der Waals surface area contributed by atoms with Gasteiger partial charge in [-0.1, -0.05) is 35.4 Å². The number of hydrogen-bond donors (Lipinski definition) is 2. The van der Waals surface area contributed by atoms with Crippen molar-refractivity contribution < 1.29 is 13.2 Å². The zero-order chi connectivity index (χ0) is 20.9. The lowest BCUT2D eigenvalue weighted by Crippen LogP contribution is -2.35. The van der Waals surface area contributed by atoms with Gasteiger partial charge in [-0.05, 0) is 55.0 Å². The van der Waals surface area contributed by atoms with Crippen LogP contribution >= 0.6 is 11.6 Å². The van der Waals surface area contributed by atoms with E-state index in [9.17, 15) is 13.2 Å². The van der Waals surface area contributed by atoms with Crippen LogP contribution in [0.4, 0.5) is 10.5 Å². The predicted molar refractivity (Wildman–Crippen MR) is 114 cm³/mol. The Hall–Kier alpha value is -2.90. The Bertz CT molecular complexity index is 1070. The van der Waals surface area contributed by atoms with Crippen molar-refractivity contribution in [3.8, 4) is 0 Å². The Labute approximate surface area is 174 Å². The van der Waals surface area contributed by atoms with Gasteiger partial charge in [0.05, 0.1) is 4.90 Å². The van der Waals surface area contributed by atoms with Gasteiger partial charge in [0.15, 0.2) is 9.84 Å². The van der Waals surface area contributed by atoms with Crippen LogP contribution in [0.3, 0.4) is 0 Å². The van der Waals surface area contributed by atoms with Gasteiger partial charge >= 0.3 is 6.03 Å². The highest BCUT2D eigenvalue weighted by Gasteiger charge is 2.29. The van der Waals surface area contributed by atoms with E-state index in [1.165, 1.54) is 6.20 Å². The maximum Gasteiger partial charge on any atom is 0.319 e. The van der Waals surface area contributed by atoms with E-state index in [1.54, 1.807) is 66.9 Å². The molecule has 0 radical (unpaired) electrons. The number of urea groups is 1. The quantitative estimate of drug-likeness (QED) is 0.608. The van der Waals surface area contributed by atoms with Gasteiger partial charge in [-0.15, -0.1) is 0 Å². The third-order valence-electron chi connectivity index (χ3n) is 4.33. The molecule has 2 aromatic carbocycles. The largest absolute Gasteiger partial charge is 0.336 e. The maximum absolute atomic E-state index is 13.2. The van der Waals surface area contributed by atoms with Crippen molar-refractivity contribution >= 4 is 33.2 Å². The third-order valence-corrected chi connectivity index (χ3v) is 6.70. The van der Waals surface area contributed by atoms with Gasteiger partial charge in [0, 0.05) is 29.6 Å². The third kappa shape index (κ3) is 5.34. The van der Waals surface area contributed by atoms with E-state index in [0.29, 0.717) is 16.3 Å². The number of aromatic nitrogens is 1. The summed E-state index contributed by atoms with van der Waals surface area (Å²) in [4.78, 5) is 16.5. The summed E-state index contributed by atoms with van der Waals surface area (Å²) >= 11 is 5.84. The highest BCUT2D eigenvalue weighted by Crippen LogP contribution is 2.28. The van der Waals surface area contributed by atoms with Crippen LogP contribution < -0.4 is 10.6 Å². The molecule has 1 heterocycles. The molecule has 1 atom stereocenters. The number of amides is 2. The number of aryl methyl sites for hydroxylation is 1. The fourth-order valence-electron chi connectivity index (χ4n) is 2.76. The number of carbonyl (C=O) groups is 1. The van der Waals surface area contributed by atoms with E-state index in [2.05, 4.69) is 15.6 Å². The summed E-state index contributed by atoms with van der Waals surface area (Å²) < 4.78 is 26.5. The van der Waals surface area contributed by atoms with Gasteiger partial charge in [0.1, 0.15) is 5.25 Å². The Morgan fingerprint density at radius 1 is 1.07 bits per heavy atom. The number of nitrogens with one attached hydrogen (secondary N) is 2. The fourth-order valence-corrected chi connectivity index (χ4v) is 4.53. The highest BCUT2D eigenvalue weighted by molar-refractivity contribution is 7.91. The average Bonchev–Trinajstić information content (AvgIpc) is 2.71. The van der Waals surface area contributed by atoms with Crippen molar-refractivity contribution in [2.45, 2.75) is 17.1 Å². The average molecular weight is 430 g/mol. The highest BCUT2D eigenvalue weighted by atomic mass is 35.5.